The van der Waals surface area contributed by atoms with Gasteiger partial charge in [0.15, 0.2) is 0 Å². The molecule has 0 saturated heterocycles. The van der Waals surface area contributed by atoms with E-state index in [0.717, 1.165) is 6.54 Å². The van der Waals surface area contributed by atoms with Gasteiger partial charge in [0.05, 0.1) is 0 Å². The van der Waals surface area contributed by atoms with E-state index in [0.29, 0.717) is 6.04 Å². The SMILES string of the molecule is CCCCCCCCC(NCC)c1c(C)cccc1C. The van der Waals surface area contributed by atoms with Crippen LogP contribution in [0.15, 0.2) is 18.2 Å². The fourth-order valence-corrected chi connectivity index (χ4v) is 3.10. The van der Waals surface area contributed by atoms with Crippen LogP contribution in [-0.4, -0.2) is 6.54 Å². The van der Waals surface area contributed by atoms with Crippen LogP contribution in [0.5, 0.6) is 0 Å². The van der Waals surface area contributed by atoms with Gasteiger partial charge in [-0.2, -0.15) is 0 Å². The molecule has 0 aromatic heterocycles. The van der Waals surface area contributed by atoms with E-state index in [1.54, 1.807) is 0 Å². The molecular formula is C19H33N. The van der Waals surface area contributed by atoms with Crippen LogP contribution in [0.4, 0.5) is 0 Å². The Hall–Kier alpha value is -0.820. The molecule has 0 spiro atoms. The molecule has 1 unspecified atom stereocenters. The Bertz CT molecular complexity index is 350. The molecule has 1 aromatic rings. The molecule has 0 saturated carbocycles. The van der Waals surface area contributed by atoms with Gasteiger partial charge in [-0.25, -0.2) is 0 Å². The predicted octanol–water partition coefficient (Wildman–Crippen LogP) is 5.70. The van der Waals surface area contributed by atoms with Crippen LogP contribution in [0.3, 0.4) is 0 Å². The van der Waals surface area contributed by atoms with Crippen LogP contribution in [-0.2, 0) is 0 Å². The van der Waals surface area contributed by atoms with E-state index >= 15 is 0 Å². The molecule has 0 amide bonds. The van der Waals surface area contributed by atoms with Crippen LogP contribution >= 0.6 is 0 Å². The summed E-state index contributed by atoms with van der Waals surface area (Å²) in [6.07, 6.45) is 9.54. The number of nitrogens with one attached hydrogen (secondary N) is 1. The second kappa shape index (κ2) is 9.99. The van der Waals surface area contributed by atoms with Crippen molar-refractivity contribution in [1.82, 2.24) is 5.32 Å². The quantitative estimate of drug-likeness (QED) is 0.540. The van der Waals surface area contributed by atoms with E-state index in [2.05, 4.69) is 51.2 Å². The lowest BCUT2D eigenvalue weighted by atomic mass is 9.92. The van der Waals surface area contributed by atoms with Gasteiger partial charge >= 0.3 is 0 Å². The van der Waals surface area contributed by atoms with Crippen LogP contribution in [0.25, 0.3) is 0 Å². The van der Waals surface area contributed by atoms with Crippen molar-refractivity contribution in [3.63, 3.8) is 0 Å². The maximum absolute atomic E-state index is 3.68. The molecule has 20 heavy (non-hydrogen) atoms. The molecule has 1 nitrogen and oxygen atoms in total. The van der Waals surface area contributed by atoms with E-state index in [-0.39, 0.29) is 0 Å². The highest BCUT2D eigenvalue weighted by Gasteiger charge is 2.14. The molecule has 1 N–H and O–H groups in total. The Morgan fingerprint density at radius 1 is 0.900 bits per heavy atom. The van der Waals surface area contributed by atoms with Crippen molar-refractivity contribution in [1.29, 1.82) is 0 Å². The molecule has 1 heteroatoms. The minimum atomic E-state index is 0.535. The number of rotatable bonds is 10. The average Bonchev–Trinajstić information content (AvgIpc) is 2.42. The molecule has 0 radical (unpaired) electrons. The highest BCUT2D eigenvalue weighted by Crippen LogP contribution is 2.26. The number of unbranched alkanes of at least 4 members (excludes halogenated alkanes) is 5. The van der Waals surface area contributed by atoms with Gasteiger partial charge in [-0.05, 0) is 43.5 Å². The minimum absolute atomic E-state index is 0.535. The van der Waals surface area contributed by atoms with Gasteiger partial charge in [-0.3, -0.25) is 0 Å². The summed E-state index contributed by atoms with van der Waals surface area (Å²) in [5.41, 5.74) is 4.40. The molecule has 0 fully saturated rings. The zero-order valence-corrected chi connectivity index (χ0v) is 14.0. The van der Waals surface area contributed by atoms with E-state index < -0.39 is 0 Å². The van der Waals surface area contributed by atoms with Crippen molar-refractivity contribution in [3.8, 4) is 0 Å². The molecular weight excluding hydrogens is 242 g/mol. The first-order valence-corrected chi connectivity index (χ1v) is 8.50. The standard InChI is InChI=1S/C19H33N/c1-5-7-8-9-10-11-15-18(20-6-2)19-16(3)13-12-14-17(19)4/h12-14,18,20H,5-11,15H2,1-4H3. The summed E-state index contributed by atoms with van der Waals surface area (Å²) in [4.78, 5) is 0. The molecule has 0 heterocycles. The number of hydrogen-bond acceptors (Lipinski definition) is 1. The van der Waals surface area contributed by atoms with Crippen molar-refractivity contribution in [2.75, 3.05) is 6.54 Å². The van der Waals surface area contributed by atoms with Gasteiger partial charge in [0, 0.05) is 6.04 Å². The summed E-state index contributed by atoms with van der Waals surface area (Å²) in [6, 6.07) is 7.19. The lowest BCUT2D eigenvalue weighted by Gasteiger charge is -2.22. The van der Waals surface area contributed by atoms with Crippen LogP contribution in [0, 0.1) is 13.8 Å². The monoisotopic (exact) mass is 275 g/mol. The fraction of sp³-hybridized carbons (Fsp3) is 0.684. The van der Waals surface area contributed by atoms with Gasteiger partial charge in [-0.1, -0.05) is 70.6 Å². The number of aryl methyl sites for hydroxylation is 2. The molecule has 0 bridgehead atoms. The van der Waals surface area contributed by atoms with Crippen molar-refractivity contribution < 1.29 is 0 Å². The summed E-state index contributed by atoms with van der Waals surface area (Å²) in [5.74, 6) is 0. The van der Waals surface area contributed by atoms with Crippen LogP contribution in [0.1, 0.15) is 81.5 Å². The number of benzene rings is 1. The van der Waals surface area contributed by atoms with Gasteiger partial charge in [0.2, 0.25) is 0 Å². The molecule has 0 aliphatic carbocycles. The Balaban J connectivity index is 2.52. The smallest absolute Gasteiger partial charge is 0.0325 e. The lowest BCUT2D eigenvalue weighted by Crippen LogP contribution is -2.22. The van der Waals surface area contributed by atoms with Crippen molar-refractivity contribution in [3.05, 3.63) is 34.9 Å². The molecule has 114 valence electrons. The first kappa shape index (κ1) is 17.2. The predicted molar refractivity (Wildman–Crippen MR) is 90.3 cm³/mol. The zero-order valence-electron chi connectivity index (χ0n) is 14.0. The average molecular weight is 275 g/mol. The van der Waals surface area contributed by atoms with E-state index in [4.69, 9.17) is 0 Å². The fourth-order valence-electron chi connectivity index (χ4n) is 3.10. The van der Waals surface area contributed by atoms with Gasteiger partial charge in [0.1, 0.15) is 0 Å². The van der Waals surface area contributed by atoms with Gasteiger partial charge in [-0.15, -0.1) is 0 Å². The maximum atomic E-state index is 3.68. The topological polar surface area (TPSA) is 12.0 Å². The minimum Gasteiger partial charge on any atom is -0.310 e. The van der Waals surface area contributed by atoms with Crippen molar-refractivity contribution in [2.24, 2.45) is 0 Å². The van der Waals surface area contributed by atoms with Gasteiger partial charge in [0.25, 0.3) is 0 Å². The second-order valence-electron chi connectivity index (χ2n) is 5.97. The van der Waals surface area contributed by atoms with Crippen molar-refractivity contribution >= 4 is 0 Å². The first-order valence-electron chi connectivity index (χ1n) is 8.50. The summed E-state index contributed by atoms with van der Waals surface area (Å²) in [6.45, 7) is 10.0. The summed E-state index contributed by atoms with van der Waals surface area (Å²) >= 11 is 0. The van der Waals surface area contributed by atoms with Crippen LogP contribution < -0.4 is 5.32 Å². The zero-order chi connectivity index (χ0) is 14.8. The highest BCUT2D eigenvalue weighted by molar-refractivity contribution is 5.36. The Labute approximate surface area is 126 Å². The van der Waals surface area contributed by atoms with Crippen LogP contribution in [0.2, 0.25) is 0 Å². The Morgan fingerprint density at radius 2 is 1.50 bits per heavy atom. The first-order chi connectivity index (χ1) is 9.70. The highest BCUT2D eigenvalue weighted by atomic mass is 14.9. The summed E-state index contributed by atoms with van der Waals surface area (Å²) in [7, 11) is 0. The molecule has 0 aliphatic heterocycles. The van der Waals surface area contributed by atoms with E-state index in [1.165, 1.54) is 61.6 Å². The molecule has 0 aliphatic rings. The summed E-state index contributed by atoms with van der Waals surface area (Å²) in [5, 5.41) is 3.68. The molecule has 1 atom stereocenters. The molecule has 1 rings (SSSR count). The lowest BCUT2D eigenvalue weighted by molar-refractivity contribution is 0.474. The third-order valence-corrected chi connectivity index (χ3v) is 4.19. The van der Waals surface area contributed by atoms with E-state index in [1.807, 2.05) is 0 Å². The van der Waals surface area contributed by atoms with Gasteiger partial charge < -0.3 is 5.32 Å². The van der Waals surface area contributed by atoms with Crippen molar-refractivity contribution in [2.45, 2.75) is 78.7 Å². The third-order valence-electron chi connectivity index (χ3n) is 4.19. The Kier molecular flexibility index (Phi) is 8.60. The molecule has 1 aromatic carbocycles. The summed E-state index contributed by atoms with van der Waals surface area (Å²) < 4.78 is 0. The maximum Gasteiger partial charge on any atom is 0.0325 e. The second-order valence-corrected chi connectivity index (χ2v) is 5.97. The van der Waals surface area contributed by atoms with E-state index in [9.17, 15) is 0 Å². The number of hydrogen-bond donors (Lipinski definition) is 1. The normalized spacial score (nSPS) is 12.6. The largest absolute Gasteiger partial charge is 0.310 e. The Morgan fingerprint density at radius 3 is 2.10 bits per heavy atom. The third kappa shape index (κ3) is 5.66.